The molecule has 1 heterocycles. The minimum Gasteiger partial charge on any atom is -0.384 e. The number of fused-ring (bicyclic) bond motifs is 2. The number of aromatic nitrogens is 2. The second-order valence-electron chi connectivity index (χ2n) is 8.04. The third kappa shape index (κ3) is 5.72. The van der Waals surface area contributed by atoms with Crippen molar-refractivity contribution in [2.45, 2.75) is 37.5 Å². The van der Waals surface area contributed by atoms with Crippen molar-refractivity contribution in [1.82, 2.24) is 10.1 Å². The third-order valence-corrected chi connectivity index (χ3v) is 6.29. The Hall–Kier alpha value is -2.90. The lowest BCUT2D eigenvalue weighted by molar-refractivity contribution is -0.140. The van der Waals surface area contributed by atoms with Gasteiger partial charge in [0, 0.05) is 11.8 Å². The predicted molar refractivity (Wildman–Crippen MR) is 126 cm³/mol. The van der Waals surface area contributed by atoms with Crippen LogP contribution in [-0.4, -0.2) is 27.8 Å². The number of hydrogen-bond donors (Lipinski definition) is 1. The van der Waals surface area contributed by atoms with Gasteiger partial charge < -0.3 is 15.1 Å². The van der Waals surface area contributed by atoms with Crippen LogP contribution in [0.3, 0.4) is 0 Å². The largest absolute Gasteiger partial charge is 0.384 e. The molecule has 0 amide bonds. The Labute approximate surface area is 201 Å². The molecule has 3 aromatic rings. The van der Waals surface area contributed by atoms with Crippen molar-refractivity contribution < 1.29 is 14.2 Å². The summed E-state index contributed by atoms with van der Waals surface area (Å²) in [5.41, 5.74) is 11.1. The number of benzene rings is 2. The lowest BCUT2D eigenvalue weighted by Gasteiger charge is -2.06. The number of oxime groups is 1. The molecule has 2 aromatic carbocycles. The molecule has 0 radical (unpaired) electrons. The molecule has 0 saturated carbocycles. The second-order valence-corrected chi connectivity index (χ2v) is 8.58. The van der Waals surface area contributed by atoms with Crippen molar-refractivity contribution in [3.63, 3.8) is 0 Å². The highest BCUT2D eigenvalue weighted by Gasteiger charge is 2.26. The van der Waals surface area contributed by atoms with E-state index >= 15 is 0 Å². The van der Waals surface area contributed by atoms with Gasteiger partial charge in [-0.1, -0.05) is 58.8 Å². The van der Waals surface area contributed by atoms with Gasteiger partial charge in [-0.15, -0.1) is 23.2 Å². The standard InChI is InChI=1S/C12H13ClN2O2.C12H11ClN2O/c13-7-11(16)17-15-12(14)10-5-8-3-1-2-4-9(8)6-10;13-7-11-14-12(15-16-11)10-5-8-3-1-2-4-9(8)6-10/h1-4,10H,5-7H2,(H2,14,15);1-4,10H,5-7H2. The van der Waals surface area contributed by atoms with Crippen molar-refractivity contribution in [2.75, 3.05) is 5.88 Å². The first kappa shape index (κ1) is 23.3. The number of alkyl halides is 2. The zero-order valence-electron chi connectivity index (χ0n) is 17.9. The summed E-state index contributed by atoms with van der Waals surface area (Å²) in [4.78, 5) is 19.7. The molecule has 0 spiro atoms. The van der Waals surface area contributed by atoms with E-state index in [0.29, 0.717) is 17.6 Å². The molecule has 172 valence electrons. The molecule has 9 heteroatoms. The summed E-state index contributed by atoms with van der Waals surface area (Å²) in [5.74, 6) is 1.56. The van der Waals surface area contributed by atoms with Crippen molar-refractivity contribution in [3.8, 4) is 0 Å². The smallest absolute Gasteiger partial charge is 0.349 e. The summed E-state index contributed by atoms with van der Waals surface area (Å²) in [6, 6.07) is 16.6. The predicted octanol–water partition coefficient (Wildman–Crippen LogP) is 4.15. The van der Waals surface area contributed by atoms with Gasteiger partial charge in [-0.25, -0.2) is 4.79 Å². The fourth-order valence-corrected chi connectivity index (χ4v) is 4.36. The quantitative estimate of drug-likeness (QED) is 0.191. The van der Waals surface area contributed by atoms with Crippen LogP contribution in [0.15, 0.2) is 58.2 Å². The highest BCUT2D eigenvalue weighted by Crippen LogP contribution is 2.32. The highest BCUT2D eigenvalue weighted by molar-refractivity contribution is 6.26. The van der Waals surface area contributed by atoms with Gasteiger partial charge in [-0.2, -0.15) is 4.98 Å². The van der Waals surface area contributed by atoms with E-state index in [9.17, 15) is 4.79 Å². The summed E-state index contributed by atoms with van der Waals surface area (Å²) in [6.07, 6.45) is 3.67. The Morgan fingerprint density at radius 2 is 1.55 bits per heavy atom. The highest BCUT2D eigenvalue weighted by atomic mass is 35.5. The van der Waals surface area contributed by atoms with E-state index in [1.807, 2.05) is 12.1 Å². The van der Waals surface area contributed by atoms with Crippen molar-refractivity contribution in [1.29, 1.82) is 0 Å². The molecule has 7 nitrogen and oxygen atoms in total. The third-order valence-electron chi connectivity index (χ3n) is 5.85. The van der Waals surface area contributed by atoms with Crippen LogP contribution in [0.5, 0.6) is 0 Å². The summed E-state index contributed by atoms with van der Waals surface area (Å²) in [7, 11) is 0. The molecule has 2 aliphatic rings. The van der Waals surface area contributed by atoms with Gasteiger partial charge in [0.25, 0.3) is 0 Å². The maximum Gasteiger partial charge on any atom is 0.349 e. The zero-order chi connectivity index (χ0) is 23.2. The van der Waals surface area contributed by atoms with E-state index in [1.165, 1.54) is 22.3 Å². The lowest BCUT2D eigenvalue weighted by atomic mass is 10.1. The second kappa shape index (κ2) is 10.8. The zero-order valence-corrected chi connectivity index (χ0v) is 19.4. The Kier molecular flexibility index (Phi) is 7.62. The van der Waals surface area contributed by atoms with Crippen LogP contribution in [0.2, 0.25) is 0 Å². The molecule has 0 unspecified atom stereocenters. The summed E-state index contributed by atoms with van der Waals surface area (Å²) in [5, 5.41) is 7.60. The van der Waals surface area contributed by atoms with Crippen molar-refractivity contribution in [2.24, 2.45) is 16.8 Å². The minimum absolute atomic E-state index is 0.107. The van der Waals surface area contributed by atoms with E-state index in [4.69, 9.17) is 33.5 Å². The molecule has 2 aliphatic carbocycles. The number of nitrogens with zero attached hydrogens (tertiary/aromatic N) is 3. The van der Waals surface area contributed by atoms with Gasteiger partial charge in [0.1, 0.15) is 17.6 Å². The molecule has 0 atom stereocenters. The molecule has 1 aromatic heterocycles. The van der Waals surface area contributed by atoms with Gasteiger partial charge in [0.05, 0.1) is 0 Å². The van der Waals surface area contributed by atoms with E-state index in [1.54, 1.807) is 0 Å². The SMILES string of the molecule is ClCc1nc(C2Cc3ccccc3C2)no1.N/C(=N\OC(=O)CCl)C1Cc2ccccc2C1. The molecule has 0 bridgehead atoms. The number of halogens is 2. The van der Waals surface area contributed by atoms with Gasteiger partial charge in [0.15, 0.2) is 5.82 Å². The minimum atomic E-state index is -0.592. The van der Waals surface area contributed by atoms with Crippen LogP contribution < -0.4 is 5.73 Å². The van der Waals surface area contributed by atoms with Gasteiger partial charge >= 0.3 is 5.97 Å². The van der Waals surface area contributed by atoms with Crippen LogP contribution in [0.1, 0.15) is 39.9 Å². The average Bonchev–Trinajstić information content (AvgIpc) is 3.59. The lowest BCUT2D eigenvalue weighted by Crippen LogP contribution is -2.25. The van der Waals surface area contributed by atoms with Gasteiger partial charge in [-0.3, -0.25) is 0 Å². The number of carbonyl (C=O) groups excluding carboxylic acids is 1. The van der Waals surface area contributed by atoms with Crippen molar-refractivity contribution >= 4 is 35.0 Å². The van der Waals surface area contributed by atoms with E-state index < -0.39 is 5.97 Å². The summed E-state index contributed by atoms with van der Waals surface area (Å²) >= 11 is 10.9. The Morgan fingerprint density at radius 3 is 2.03 bits per heavy atom. The van der Waals surface area contributed by atoms with Gasteiger partial charge in [0.2, 0.25) is 5.89 Å². The molecular weight excluding hydrogens is 463 g/mol. The molecule has 0 aliphatic heterocycles. The van der Waals surface area contributed by atoms with Crippen molar-refractivity contribution in [3.05, 3.63) is 82.5 Å². The number of carbonyl (C=O) groups is 1. The molecule has 0 saturated heterocycles. The molecule has 0 fully saturated rings. The monoisotopic (exact) mass is 486 g/mol. The number of rotatable bonds is 5. The van der Waals surface area contributed by atoms with Gasteiger partial charge in [-0.05, 0) is 47.9 Å². The summed E-state index contributed by atoms with van der Waals surface area (Å²) < 4.78 is 5.03. The number of amidine groups is 1. The Bertz CT molecular complexity index is 1100. The normalized spacial score (nSPS) is 15.5. The molecule has 2 N–H and O–H groups in total. The summed E-state index contributed by atoms with van der Waals surface area (Å²) in [6.45, 7) is 0. The topological polar surface area (TPSA) is 104 Å². The van der Waals surface area contributed by atoms with Crippen LogP contribution >= 0.6 is 23.2 Å². The fourth-order valence-electron chi connectivity index (χ4n) is 4.20. The number of nitrogens with two attached hydrogens (primary N) is 1. The molecule has 5 rings (SSSR count). The first-order chi connectivity index (χ1) is 16.1. The van der Waals surface area contributed by atoms with E-state index in [2.05, 4.69) is 56.5 Å². The molecular formula is C24H24Cl2N4O3. The first-order valence-electron chi connectivity index (χ1n) is 10.7. The maximum atomic E-state index is 10.8. The van der Waals surface area contributed by atoms with E-state index in [-0.39, 0.29) is 17.7 Å². The van der Waals surface area contributed by atoms with E-state index in [0.717, 1.165) is 31.5 Å². The fraction of sp³-hybridized carbons (Fsp3) is 0.333. The first-order valence-corrected chi connectivity index (χ1v) is 11.8. The maximum absolute atomic E-state index is 10.8. The van der Waals surface area contributed by atoms with Crippen LogP contribution in [0.25, 0.3) is 0 Å². The van der Waals surface area contributed by atoms with Crippen LogP contribution in [0.4, 0.5) is 0 Å². The Morgan fingerprint density at radius 1 is 1.00 bits per heavy atom. The van der Waals surface area contributed by atoms with Crippen LogP contribution in [0, 0.1) is 5.92 Å². The Balaban J connectivity index is 0.000000157. The molecule has 33 heavy (non-hydrogen) atoms. The van der Waals surface area contributed by atoms with Crippen LogP contribution in [-0.2, 0) is 41.2 Å². The number of hydrogen-bond acceptors (Lipinski definition) is 6. The average molecular weight is 487 g/mol.